The fourth-order valence-corrected chi connectivity index (χ4v) is 4.83. The van der Waals surface area contributed by atoms with Crippen molar-refractivity contribution in [3.63, 3.8) is 0 Å². The number of nitrogens with one attached hydrogen (secondary N) is 1. The first-order valence-corrected chi connectivity index (χ1v) is 12.3. The van der Waals surface area contributed by atoms with Crippen LogP contribution in [0.15, 0.2) is 90.2 Å². The van der Waals surface area contributed by atoms with Gasteiger partial charge in [0.25, 0.3) is 0 Å². The maximum atomic E-state index is 13.2. The number of amides is 1. The Kier molecular flexibility index (Phi) is 6.33. The molecule has 174 valence electrons. The van der Waals surface area contributed by atoms with E-state index in [1.54, 1.807) is 30.1 Å². The van der Waals surface area contributed by atoms with Gasteiger partial charge in [-0.3, -0.25) is 9.59 Å². The second kappa shape index (κ2) is 9.72. The number of imidazole rings is 1. The third kappa shape index (κ3) is 4.81. The van der Waals surface area contributed by atoms with Crippen molar-refractivity contribution in [3.8, 4) is 0 Å². The minimum Gasteiger partial charge on any atom is -0.349 e. The lowest BCUT2D eigenvalue weighted by molar-refractivity contribution is -0.119. The van der Waals surface area contributed by atoms with Gasteiger partial charge in [-0.25, -0.2) is 9.97 Å². The van der Waals surface area contributed by atoms with E-state index >= 15 is 0 Å². The topological polar surface area (TPSA) is 76.9 Å². The van der Waals surface area contributed by atoms with Gasteiger partial charge in [0.1, 0.15) is 0 Å². The quantitative estimate of drug-likeness (QED) is 0.252. The average molecular weight is 481 g/mol. The van der Waals surface area contributed by atoms with E-state index in [1.807, 2.05) is 49.4 Å². The highest BCUT2D eigenvalue weighted by atomic mass is 32.2. The summed E-state index contributed by atoms with van der Waals surface area (Å²) in [6, 6.07) is 23.5. The zero-order chi connectivity index (χ0) is 24.4. The van der Waals surface area contributed by atoms with Crippen LogP contribution >= 0.6 is 11.8 Å². The van der Waals surface area contributed by atoms with Crippen molar-refractivity contribution < 1.29 is 9.59 Å². The molecule has 0 radical (unpaired) electrons. The van der Waals surface area contributed by atoms with Crippen molar-refractivity contribution >= 4 is 45.1 Å². The Morgan fingerprint density at radius 3 is 2.57 bits per heavy atom. The van der Waals surface area contributed by atoms with E-state index in [1.165, 1.54) is 17.1 Å². The van der Waals surface area contributed by atoms with Gasteiger partial charge < -0.3 is 9.88 Å². The molecule has 0 aliphatic carbocycles. The molecule has 0 aliphatic rings. The molecule has 0 spiro atoms. The summed E-state index contributed by atoms with van der Waals surface area (Å²) in [6.07, 6.45) is 3.35. The number of nitrogens with zero attached hydrogens (tertiary/aromatic N) is 3. The van der Waals surface area contributed by atoms with Crippen molar-refractivity contribution in [2.45, 2.75) is 18.0 Å². The Morgan fingerprint density at radius 2 is 1.77 bits per heavy atom. The zero-order valence-corrected chi connectivity index (χ0v) is 20.3. The molecule has 5 rings (SSSR count). The van der Waals surface area contributed by atoms with E-state index in [0.29, 0.717) is 21.9 Å². The van der Waals surface area contributed by atoms with Gasteiger partial charge in [0.05, 0.1) is 22.3 Å². The van der Waals surface area contributed by atoms with E-state index in [-0.39, 0.29) is 23.5 Å². The van der Waals surface area contributed by atoms with E-state index in [2.05, 4.69) is 39.6 Å². The fraction of sp³-hybridized carbons (Fsp3) is 0.143. The molecule has 5 aromatic rings. The molecular weight excluding hydrogens is 456 g/mol. The van der Waals surface area contributed by atoms with E-state index in [9.17, 15) is 9.59 Å². The van der Waals surface area contributed by atoms with Crippen LogP contribution in [0.1, 0.15) is 34.7 Å². The van der Waals surface area contributed by atoms with Crippen molar-refractivity contribution in [3.05, 3.63) is 102 Å². The number of aromatic nitrogens is 3. The van der Waals surface area contributed by atoms with Gasteiger partial charge in [-0.15, -0.1) is 0 Å². The monoisotopic (exact) mass is 480 g/mol. The smallest absolute Gasteiger partial charge is 0.230 e. The Balaban J connectivity index is 1.32. The zero-order valence-electron chi connectivity index (χ0n) is 19.4. The number of aryl methyl sites for hydroxylation is 1. The van der Waals surface area contributed by atoms with Crippen molar-refractivity contribution in [2.24, 2.45) is 7.05 Å². The molecule has 0 bridgehead atoms. The maximum Gasteiger partial charge on any atom is 0.230 e. The lowest BCUT2D eigenvalue weighted by Crippen LogP contribution is -2.28. The first kappa shape index (κ1) is 22.8. The average Bonchev–Trinajstić information content (AvgIpc) is 3.32. The van der Waals surface area contributed by atoms with Crippen molar-refractivity contribution in [1.82, 2.24) is 19.9 Å². The van der Waals surface area contributed by atoms with Crippen LogP contribution < -0.4 is 5.32 Å². The summed E-state index contributed by atoms with van der Waals surface area (Å²) in [5.41, 5.74) is 2.28. The van der Waals surface area contributed by atoms with Gasteiger partial charge in [-0.2, -0.15) is 0 Å². The molecule has 6 nitrogen and oxygen atoms in total. The number of carbonyl (C=O) groups is 2. The number of para-hydroxylation sites is 1. The van der Waals surface area contributed by atoms with Crippen LogP contribution in [0.25, 0.3) is 21.7 Å². The van der Waals surface area contributed by atoms with Gasteiger partial charge in [0.15, 0.2) is 5.82 Å². The minimum atomic E-state index is -0.174. The van der Waals surface area contributed by atoms with Gasteiger partial charge >= 0.3 is 0 Å². The largest absolute Gasteiger partial charge is 0.349 e. The molecular formula is C28H24N4O2S. The summed E-state index contributed by atoms with van der Waals surface area (Å²) >= 11 is 1.31. The van der Waals surface area contributed by atoms with Crippen LogP contribution in [0.3, 0.4) is 0 Å². The first-order valence-electron chi connectivity index (χ1n) is 11.3. The summed E-state index contributed by atoms with van der Waals surface area (Å²) in [7, 11) is 1.79. The number of ketones is 1. The summed E-state index contributed by atoms with van der Waals surface area (Å²) in [5, 5.41) is 6.77. The van der Waals surface area contributed by atoms with Crippen molar-refractivity contribution in [1.29, 1.82) is 0 Å². The number of rotatable bonds is 7. The second-order valence-corrected chi connectivity index (χ2v) is 9.40. The number of thioether (sulfide) groups is 1. The molecule has 0 unspecified atom stereocenters. The van der Waals surface area contributed by atoms with Crippen LogP contribution in [0, 0.1) is 0 Å². The van der Waals surface area contributed by atoms with Crippen molar-refractivity contribution in [2.75, 3.05) is 5.75 Å². The van der Waals surface area contributed by atoms with Crippen LogP contribution in [-0.4, -0.2) is 32.0 Å². The summed E-state index contributed by atoms with van der Waals surface area (Å²) in [6.45, 7) is 1.98. The second-order valence-electron chi connectivity index (χ2n) is 8.40. The number of fused-ring (bicyclic) bond motifs is 2. The van der Waals surface area contributed by atoms with Crippen LogP contribution in [-0.2, 0) is 11.8 Å². The molecule has 0 fully saturated rings. The van der Waals surface area contributed by atoms with E-state index in [0.717, 1.165) is 16.3 Å². The van der Waals surface area contributed by atoms with Gasteiger partial charge in [0.2, 0.25) is 11.7 Å². The highest BCUT2D eigenvalue weighted by Gasteiger charge is 2.19. The molecule has 3 aromatic carbocycles. The number of hydrogen-bond donors (Lipinski definition) is 1. The minimum absolute atomic E-state index is 0.0948. The Labute approximate surface area is 207 Å². The molecule has 0 aliphatic heterocycles. The standard InChI is InChI=1S/C28H24N4O2S/c1-18(20-12-11-19-7-3-4-8-21(19)15-20)30-25(33)17-35-26-16-23(22-9-5-6-10-24(22)31-26)27(34)28-29-13-14-32(28)2/h3-16,18H,17H2,1-2H3,(H,30,33)/t18-/m0/s1. The number of pyridine rings is 1. The Hall–Kier alpha value is -3.97. The number of benzene rings is 3. The lowest BCUT2D eigenvalue weighted by atomic mass is 10.0. The SMILES string of the molecule is C[C@H](NC(=O)CSc1cc(C(=O)c2nccn2C)c2ccccc2n1)c1ccc2ccccc2c1. The molecule has 0 saturated heterocycles. The normalized spacial score (nSPS) is 12.1. The molecule has 35 heavy (non-hydrogen) atoms. The van der Waals surface area contributed by atoms with Crippen LogP contribution in [0.5, 0.6) is 0 Å². The van der Waals surface area contributed by atoms with Gasteiger partial charge in [0, 0.05) is 30.4 Å². The highest BCUT2D eigenvalue weighted by molar-refractivity contribution is 7.99. The maximum absolute atomic E-state index is 13.2. The summed E-state index contributed by atoms with van der Waals surface area (Å²) < 4.78 is 1.70. The molecule has 7 heteroatoms. The summed E-state index contributed by atoms with van der Waals surface area (Å²) in [5.74, 6) is 0.286. The molecule has 2 aromatic heterocycles. The Bertz CT molecular complexity index is 1560. The molecule has 1 N–H and O–H groups in total. The molecule has 2 heterocycles. The molecule has 1 atom stereocenters. The summed E-state index contributed by atoms with van der Waals surface area (Å²) in [4.78, 5) is 34.8. The van der Waals surface area contributed by atoms with E-state index in [4.69, 9.17) is 0 Å². The Morgan fingerprint density at radius 1 is 1.00 bits per heavy atom. The van der Waals surface area contributed by atoms with Crippen LogP contribution in [0.4, 0.5) is 0 Å². The fourth-order valence-electron chi connectivity index (χ4n) is 4.10. The predicted octanol–water partition coefficient (Wildman–Crippen LogP) is 5.32. The van der Waals surface area contributed by atoms with Crippen LogP contribution in [0.2, 0.25) is 0 Å². The predicted molar refractivity (Wildman–Crippen MR) is 140 cm³/mol. The van der Waals surface area contributed by atoms with Gasteiger partial charge in [-0.05, 0) is 41.5 Å². The van der Waals surface area contributed by atoms with E-state index < -0.39 is 0 Å². The third-order valence-electron chi connectivity index (χ3n) is 5.96. The third-order valence-corrected chi connectivity index (χ3v) is 6.88. The first-order chi connectivity index (χ1) is 17.0. The number of hydrogen-bond acceptors (Lipinski definition) is 5. The van der Waals surface area contributed by atoms with Gasteiger partial charge in [-0.1, -0.05) is 66.4 Å². The highest BCUT2D eigenvalue weighted by Crippen LogP contribution is 2.26. The molecule has 0 saturated carbocycles. The lowest BCUT2D eigenvalue weighted by Gasteiger charge is -2.15. The number of carbonyl (C=O) groups excluding carboxylic acids is 2. The molecule has 1 amide bonds.